The fourth-order valence-electron chi connectivity index (χ4n) is 3.04. The average Bonchev–Trinajstić information content (AvgIpc) is 2.38. The van der Waals surface area contributed by atoms with E-state index < -0.39 is 5.97 Å². The molecule has 0 aliphatic heterocycles. The third-order valence-electron chi connectivity index (χ3n) is 4.13. The maximum Gasteiger partial charge on any atom is 0.337 e. The largest absolute Gasteiger partial charge is 0.478 e. The maximum absolute atomic E-state index is 11.4. The molecule has 1 fully saturated rings. The van der Waals surface area contributed by atoms with E-state index >= 15 is 0 Å². The van der Waals surface area contributed by atoms with Gasteiger partial charge in [-0.05, 0) is 37.0 Å². The van der Waals surface area contributed by atoms with Crippen LogP contribution in [0.3, 0.4) is 0 Å². The Morgan fingerprint density at radius 3 is 2.68 bits per heavy atom. The summed E-state index contributed by atoms with van der Waals surface area (Å²) in [6.07, 6.45) is 4.83. The van der Waals surface area contributed by atoms with Gasteiger partial charge in [-0.25, -0.2) is 4.79 Å². The molecule has 0 radical (unpaired) electrons. The molecule has 0 aromatic heterocycles. The molecule has 2 atom stereocenters. The molecule has 1 aromatic carbocycles. The van der Waals surface area contributed by atoms with Gasteiger partial charge < -0.3 is 10.0 Å². The lowest BCUT2D eigenvalue weighted by Gasteiger charge is -2.38. The van der Waals surface area contributed by atoms with Crippen molar-refractivity contribution in [2.75, 3.05) is 11.9 Å². The molecule has 19 heavy (non-hydrogen) atoms. The van der Waals surface area contributed by atoms with Crippen LogP contribution in [0.5, 0.6) is 0 Å². The minimum absolute atomic E-state index is 0.285. The predicted molar refractivity (Wildman–Crippen MR) is 78.2 cm³/mol. The van der Waals surface area contributed by atoms with Crippen molar-refractivity contribution < 1.29 is 9.90 Å². The highest BCUT2D eigenvalue weighted by molar-refractivity contribution is 6.31. The van der Waals surface area contributed by atoms with E-state index in [0.29, 0.717) is 17.0 Å². The van der Waals surface area contributed by atoms with Crippen LogP contribution in [-0.2, 0) is 0 Å². The van der Waals surface area contributed by atoms with Crippen LogP contribution in [0, 0.1) is 5.92 Å². The number of hydrogen-bond donors (Lipinski definition) is 1. The fourth-order valence-corrected chi connectivity index (χ4v) is 3.21. The molecule has 104 valence electrons. The first kappa shape index (κ1) is 14.2. The number of benzene rings is 1. The van der Waals surface area contributed by atoms with Gasteiger partial charge >= 0.3 is 5.97 Å². The van der Waals surface area contributed by atoms with Crippen LogP contribution in [0.1, 0.15) is 43.0 Å². The number of rotatable bonds is 3. The Labute approximate surface area is 119 Å². The summed E-state index contributed by atoms with van der Waals surface area (Å²) in [4.78, 5) is 13.5. The standard InChI is InChI=1S/C15H20ClNO2/c1-10-5-3-4-6-13(10)17(2)14-8-7-11(16)9-12(14)15(18)19/h7-10,13H,3-6H2,1-2H3,(H,18,19). The molecule has 0 spiro atoms. The number of halogens is 1. The van der Waals surface area contributed by atoms with Crippen LogP contribution in [0.25, 0.3) is 0 Å². The number of carboxylic acid groups (broad SMARTS) is 1. The van der Waals surface area contributed by atoms with Gasteiger partial charge in [0.25, 0.3) is 0 Å². The molecule has 1 aromatic rings. The summed E-state index contributed by atoms with van der Waals surface area (Å²) >= 11 is 5.90. The van der Waals surface area contributed by atoms with Crippen molar-refractivity contribution in [2.45, 2.75) is 38.6 Å². The van der Waals surface area contributed by atoms with Gasteiger partial charge in [0.2, 0.25) is 0 Å². The van der Waals surface area contributed by atoms with E-state index in [9.17, 15) is 9.90 Å². The highest BCUT2D eigenvalue weighted by Crippen LogP contribution is 2.33. The smallest absolute Gasteiger partial charge is 0.337 e. The molecule has 1 saturated carbocycles. The Bertz CT molecular complexity index is 475. The third-order valence-corrected chi connectivity index (χ3v) is 4.37. The van der Waals surface area contributed by atoms with E-state index in [1.165, 1.54) is 25.3 Å². The first-order valence-corrected chi connectivity index (χ1v) is 7.14. The second-order valence-electron chi connectivity index (χ2n) is 5.41. The van der Waals surface area contributed by atoms with Gasteiger partial charge in [0.15, 0.2) is 0 Å². The molecule has 1 N–H and O–H groups in total. The number of nitrogens with zero attached hydrogens (tertiary/aromatic N) is 1. The third kappa shape index (κ3) is 3.03. The molecule has 1 aliphatic rings. The summed E-state index contributed by atoms with van der Waals surface area (Å²) in [6, 6.07) is 5.51. The molecular formula is C15H20ClNO2. The summed E-state index contributed by atoms with van der Waals surface area (Å²) in [6.45, 7) is 2.25. The molecule has 2 unspecified atom stereocenters. The van der Waals surface area contributed by atoms with Crippen molar-refractivity contribution in [3.63, 3.8) is 0 Å². The first-order valence-electron chi connectivity index (χ1n) is 6.76. The first-order chi connectivity index (χ1) is 9.00. The summed E-state index contributed by atoms with van der Waals surface area (Å²) in [7, 11) is 1.99. The van der Waals surface area contributed by atoms with E-state index in [1.807, 2.05) is 13.1 Å². The zero-order valence-electron chi connectivity index (χ0n) is 11.4. The Morgan fingerprint density at radius 1 is 1.37 bits per heavy atom. The zero-order chi connectivity index (χ0) is 14.0. The highest BCUT2D eigenvalue weighted by Gasteiger charge is 2.27. The van der Waals surface area contributed by atoms with Gasteiger partial charge in [-0.3, -0.25) is 0 Å². The monoisotopic (exact) mass is 281 g/mol. The van der Waals surface area contributed by atoms with E-state index in [4.69, 9.17) is 11.6 Å². The SMILES string of the molecule is CC1CCCCC1N(C)c1ccc(Cl)cc1C(=O)O. The van der Waals surface area contributed by atoms with Crippen LogP contribution in [0.15, 0.2) is 18.2 Å². The van der Waals surface area contributed by atoms with Gasteiger partial charge in [-0.2, -0.15) is 0 Å². The summed E-state index contributed by atoms with van der Waals surface area (Å²) < 4.78 is 0. The normalized spacial score (nSPS) is 23.1. The Hall–Kier alpha value is -1.22. The van der Waals surface area contributed by atoms with Gasteiger partial charge in [0.05, 0.1) is 11.3 Å². The second-order valence-corrected chi connectivity index (χ2v) is 5.84. The van der Waals surface area contributed by atoms with Crippen molar-refractivity contribution in [3.8, 4) is 0 Å². The minimum Gasteiger partial charge on any atom is -0.478 e. The quantitative estimate of drug-likeness (QED) is 0.908. The van der Waals surface area contributed by atoms with Crippen molar-refractivity contribution in [1.29, 1.82) is 0 Å². The van der Waals surface area contributed by atoms with Crippen LogP contribution >= 0.6 is 11.6 Å². The molecule has 3 nitrogen and oxygen atoms in total. The molecule has 0 heterocycles. The van der Waals surface area contributed by atoms with Gasteiger partial charge in [0, 0.05) is 18.1 Å². The molecule has 1 aliphatic carbocycles. The lowest BCUT2D eigenvalue weighted by molar-refractivity contribution is 0.0697. The zero-order valence-corrected chi connectivity index (χ0v) is 12.2. The van der Waals surface area contributed by atoms with Gasteiger partial charge in [0.1, 0.15) is 0 Å². The molecule has 2 rings (SSSR count). The van der Waals surface area contributed by atoms with E-state index in [2.05, 4.69) is 11.8 Å². The van der Waals surface area contributed by atoms with Gasteiger partial charge in [-0.15, -0.1) is 0 Å². The number of aromatic carboxylic acids is 1. The molecule has 0 bridgehead atoms. The van der Waals surface area contributed by atoms with E-state index in [0.717, 1.165) is 12.1 Å². The fraction of sp³-hybridized carbons (Fsp3) is 0.533. The van der Waals surface area contributed by atoms with Crippen LogP contribution in [-0.4, -0.2) is 24.2 Å². The summed E-state index contributed by atoms with van der Waals surface area (Å²) in [5.41, 5.74) is 1.04. The second kappa shape index (κ2) is 5.83. The predicted octanol–water partition coefficient (Wildman–Crippen LogP) is 4.05. The Balaban J connectivity index is 2.32. The van der Waals surface area contributed by atoms with Crippen LogP contribution < -0.4 is 4.90 Å². The average molecular weight is 282 g/mol. The minimum atomic E-state index is -0.923. The highest BCUT2D eigenvalue weighted by atomic mass is 35.5. The summed E-state index contributed by atoms with van der Waals surface area (Å²) in [5.74, 6) is -0.330. The molecule has 4 heteroatoms. The van der Waals surface area contributed by atoms with Gasteiger partial charge in [-0.1, -0.05) is 31.4 Å². The lowest BCUT2D eigenvalue weighted by Crippen LogP contribution is -2.39. The van der Waals surface area contributed by atoms with Crippen LogP contribution in [0.2, 0.25) is 5.02 Å². The molecule has 0 amide bonds. The van der Waals surface area contributed by atoms with Crippen molar-refractivity contribution in [2.24, 2.45) is 5.92 Å². The molecule has 0 saturated heterocycles. The van der Waals surface area contributed by atoms with E-state index in [1.54, 1.807) is 6.07 Å². The Kier molecular flexibility index (Phi) is 4.35. The molecular weight excluding hydrogens is 262 g/mol. The number of anilines is 1. The van der Waals surface area contributed by atoms with Crippen molar-refractivity contribution >= 4 is 23.3 Å². The number of hydrogen-bond acceptors (Lipinski definition) is 2. The number of carbonyl (C=O) groups is 1. The van der Waals surface area contributed by atoms with Crippen LogP contribution in [0.4, 0.5) is 5.69 Å². The summed E-state index contributed by atoms with van der Waals surface area (Å²) in [5, 5.41) is 9.78. The Morgan fingerprint density at radius 2 is 2.05 bits per heavy atom. The number of carboxylic acids is 1. The topological polar surface area (TPSA) is 40.5 Å². The van der Waals surface area contributed by atoms with Crippen molar-refractivity contribution in [3.05, 3.63) is 28.8 Å². The van der Waals surface area contributed by atoms with E-state index in [-0.39, 0.29) is 5.56 Å². The lowest BCUT2D eigenvalue weighted by atomic mass is 9.84. The maximum atomic E-state index is 11.4. The van der Waals surface area contributed by atoms with Crippen molar-refractivity contribution in [1.82, 2.24) is 0 Å².